The standard InChI is InChI=1S/C15H22FNO/c1-3-4-11(2)18-15-8-5-12(9-14(15)16)10-17-13-6-7-13/h5,8-9,11,13,17H,3-4,6-7,10H2,1-2H3. The molecule has 100 valence electrons. The average molecular weight is 251 g/mol. The van der Waals surface area contributed by atoms with Crippen molar-refractivity contribution in [2.24, 2.45) is 0 Å². The van der Waals surface area contributed by atoms with Crippen LogP contribution < -0.4 is 10.1 Å². The van der Waals surface area contributed by atoms with Gasteiger partial charge in [-0.3, -0.25) is 0 Å². The lowest BCUT2D eigenvalue weighted by Crippen LogP contribution is -2.16. The summed E-state index contributed by atoms with van der Waals surface area (Å²) in [5.74, 6) is 0.110. The zero-order chi connectivity index (χ0) is 13.0. The monoisotopic (exact) mass is 251 g/mol. The molecule has 1 N–H and O–H groups in total. The summed E-state index contributed by atoms with van der Waals surface area (Å²) in [7, 11) is 0. The average Bonchev–Trinajstić information content (AvgIpc) is 3.14. The highest BCUT2D eigenvalue weighted by Gasteiger charge is 2.20. The van der Waals surface area contributed by atoms with Gasteiger partial charge in [0, 0.05) is 12.6 Å². The van der Waals surface area contributed by atoms with Crippen molar-refractivity contribution in [2.45, 2.75) is 58.2 Å². The van der Waals surface area contributed by atoms with E-state index >= 15 is 0 Å². The zero-order valence-electron chi connectivity index (χ0n) is 11.2. The maximum atomic E-state index is 13.8. The van der Waals surface area contributed by atoms with Crippen molar-refractivity contribution in [1.29, 1.82) is 0 Å². The van der Waals surface area contributed by atoms with Gasteiger partial charge in [-0.1, -0.05) is 19.4 Å². The number of ether oxygens (including phenoxy) is 1. The molecule has 0 aromatic heterocycles. The Morgan fingerprint density at radius 2 is 2.22 bits per heavy atom. The first-order valence-electron chi connectivity index (χ1n) is 6.87. The number of rotatable bonds is 7. The summed E-state index contributed by atoms with van der Waals surface area (Å²) in [6, 6.07) is 5.90. The third-order valence-corrected chi connectivity index (χ3v) is 3.19. The van der Waals surface area contributed by atoms with Gasteiger partial charge in [0.1, 0.15) is 0 Å². The summed E-state index contributed by atoms with van der Waals surface area (Å²) in [5, 5.41) is 3.37. The molecule has 0 amide bonds. The molecule has 1 saturated carbocycles. The molecule has 0 bridgehead atoms. The first kappa shape index (κ1) is 13.3. The fraction of sp³-hybridized carbons (Fsp3) is 0.600. The van der Waals surface area contributed by atoms with E-state index in [0.717, 1.165) is 24.9 Å². The highest BCUT2D eigenvalue weighted by atomic mass is 19.1. The van der Waals surface area contributed by atoms with E-state index in [-0.39, 0.29) is 11.9 Å². The van der Waals surface area contributed by atoms with Crippen molar-refractivity contribution >= 4 is 0 Å². The smallest absolute Gasteiger partial charge is 0.165 e. The zero-order valence-corrected chi connectivity index (χ0v) is 11.2. The van der Waals surface area contributed by atoms with E-state index in [1.165, 1.54) is 12.8 Å². The van der Waals surface area contributed by atoms with Gasteiger partial charge in [-0.05, 0) is 43.9 Å². The van der Waals surface area contributed by atoms with Crippen LogP contribution in [0.15, 0.2) is 18.2 Å². The minimum Gasteiger partial charge on any atom is -0.488 e. The molecule has 2 rings (SSSR count). The fourth-order valence-corrected chi connectivity index (χ4v) is 1.98. The Morgan fingerprint density at radius 3 is 2.83 bits per heavy atom. The molecule has 1 aliphatic rings. The van der Waals surface area contributed by atoms with E-state index < -0.39 is 0 Å². The van der Waals surface area contributed by atoms with Gasteiger partial charge < -0.3 is 10.1 Å². The van der Waals surface area contributed by atoms with E-state index in [1.54, 1.807) is 12.1 Å². The molecule has 1 atom stereocenters. The topological polar surface area (TPSA) is 21.3 Å². The van der Waals surface area contributed by atoms with E-state index in [1.807, 2.05) is 13.0 Å². The van der Waals surface area contributed by atoms with E-state index in [2.05, 4.69) is 12.2 Å². The largest absolute Gasteiger partial charge is 0.488 e. The predicted octanol–water partition coefficient (Wildman–Crippen LogP) is 3.65. The van der Waals surface area contributed by atoms with Gasteiger partial charge in [0.2, 0.25) is 0 Å². The Balaban J connectivity index is 1.90. The van der Waals surface area contributed by atoms with Crippen LogP contribution in [-0.2, 0) is 6.54 Å². The van der Waals surface area contributed by atoms with Crippen LogP contribution in [0, 0.1) is 5.82 Å². The molecule has 0 saturated heterocycles. The molecule has 0 heterocycles. The lowest BCUT2D eigenvalue weighted by Gasteiger charge is -2.15. The quantitative estimate of drug-likeness (QED) is 0.798. The molecule has 2 nitrogen and oxygen atoms in total. The Hall–Kier alpha value is -1.09. The molecular weight excluding hydrogens is 229 g/mol. The Labute approximate surface area is 109 Å². The Kier molecular flexibility index (Phi) is 4.59. The van der Waals surface area contributed by atoms with Crippen molar-refractivity contribution in [3.05, 3.63) is 29.6 Å². The first-order chi connectivity index (χ1) is 8.69. The van der Waals surface area contributed by atoms with Gasteiger partial charge >= 0.3 is 0 Å². The molecule has 1 fully saturated rings. The normalized spacial score (nSPS) is 16.6. The molecule has 1 unspecified atom stereocenters. The number of halogens is 1. The SMILES string of the molecule is CCCC(C)Oc1ccc(CNC2CC2)cc1F. The minimum atomic E-state index is -0.256. The summed E-state index contributed by atoms with van der Waals surface area (Å²) < 4.78 is 19.4. The minimum absolute atomic E-state index is 0.0694. The van der Waals surface area contributed by atoms with Crippen molar-refractivity contribution in [1.82, 2.24) is 5.32 Å². The second-order valence-corrected chi connectivity index (χ2v) is 5.14. The summed E-state index contributed by atoms with van der Waals surface area (Å²) in [5.41, 5.74) is 0.981. The fourth-order valence-electron chi connectivity index (χ4n) is 1.98. The van der Waals surface area contributed by atoms with E-state index in [0.29, 0.717) is 11.8 Å². The molecule has 18 heavy (non-hydrogen) atoms. The van der Waals surface area contributed by atoms with Crippen LogP contribution in [0.4, 0.5) is 4.39 Å². The molecule has 0 spiro atoms. The highest BCUT2D eigenvalue weighted by molar-refractivity contribution is 5.29. The van der Waals surface area contributed by atoms with Crippen molar-refractivity contribution in [2.75, 3.05) is 0 Å². The lowest BCUT2D eigenvalue weighted by molar-refractivity contribution is 0.200. The molecule has 0 radical (unpaired) electrons. The Morgan fingerprint density at radius 1 is 1.44 bits per heavy atom. The molecule has 0 aliphatic heterocycles. The molecule has 3 heteroatoms. The van der Waals surface area contributed by atoms with Crippen molar-refractivity contribution in [3.63, 3.8) is 0 Å². The third kappa shape index (κ3) is 3.98. The van der Waals surface area contributed by atoms with Gasteiger partial charge in [-0.15, -0.1) is 0 Å². The lowest BCUT2D eigenvalue weighted by atomic mass is 10.2. The van der Waals surface area contributed by atoms with Crippen molar-refractivity contribution < 1.29 is 9.13 Å². The number of nitrogens with one attached hydrogen (secondary N) is 1. The van der Waals surface area contributed by atoms with Crippen LogP contribution >= 0.6 is 0 Å². The summed E-state index contributed by atoms with van der Waals surface area (Å²) in [6.45, 7) is 4.82. The van der Waals surface area contributed by atoms with Crippen molar-refractivity contribution in [3.8, 4) is 5.75 Å². The summed E-state index contributed by atoms with van der Waals surface area (Å²) >= 11 is 0. The van der Waals surface area contributed by atoms with Crippen LogP contribution in [0.5, 0.6) is 5.75 Å². The van der Waals surface area contributed by atoms with Crippen LogP contribution in [0.2, 0.25) is 0 Å². The van der Waals surface area contributed by atoms with Crippen LogP contribution in [0.3, 0.4) is 0 Å². The maximum Gasteiger partial charge on any atom is 0.165 e. The number of benzene rings is 1. The maximum absolute atomic E-state index is 13.8. The van der Waals surface area contributed by atoms with Gasteiger partial charge in [0.25, 0.3) is 0 Å². The van der Waals surface area contributed by atoms with E-state index in [4.69, 9.17) is 4.74 Å². The van der Waals surface area contributed by atoms with Gasteiger partial charge in [-0.25, -0.2) is 4.39 Å². The number of hydrogen-bond acceptors (Lipinski definition) is 2. The van der Waals surface area contributed by atoms with Crippen LogP contribution in [0.1, 0.15) is 45.1 Å². The highest BCUT2D eigenvalue weighted by Crippen LogP contribution is 2.22. The molecule has 1 aromatic rings. The van der Waals surface area contributed by atoms with Gasteiger partial charge in [-0.2, -0.15) is 0 Å². The second kappa shape index (κ2) is 6.19. The molecule has 1 aromatic carbocycles. The molecule has 1 aliphatic carbocycles. The number of hydrogen-bond donors (Lipinski definition) is 1. The second-order valence-electron chi connectivity index (χ2n) is 5.14. The van der Waals surface area contributed by atoms with Crippen LogP contribution in [0.25, 0.3) is 0 Å². The van der Waals surface area contributed by atoms with Gasteiger partial charge in [0.05, 0.1) is 6.10 Å². The Bertz CT molecular complexity index is 390. The third-order valence-electron chi connectivity index (χ3n) is 3.19. The first-order valence-corrected chi connectivity index (χ1v) is 6.87. The predicted molar refractivity (Wildman–Crippen MR) is 71.3 cm³/mol. The summed E-state index contributed by atoms with van der Waals surface area (Å²) in [6.07, 6.45) is 4.56. The molecular formula is C15H22FNO. The van der Waals surface area contributed by atoms with E-state index in [9.17, 15) is 4.39 Å². The van der Waals surface area contributed by atoms with Crippen LogP contribution in [-0.4, -0.2) is 12.1 Å². The van der Waals surface area contributed by atoms with Gasteiger partial charge in [0.15, 0.2) is 11.6 Å². The summed E-state index contributed by atoms with van der Waals surface area (Å²) in [4.78, 5) is 0.